The molecule has 0 aromatic rings. The lowest BCUT2D eigenvalue weighted by atomic mass is 9.43. The highest BCUT2D eigenvalue weighted by atomic mass is 33.1. The van der Waals surface area contributed by atoms with Gasteiger partial charge in [-0.3, -0.25) is 0 Å². The van der Waals surface area contributed by atoms with E-state index >= 15 is 0 Å². The zero-order valence-corrected chi connectivity index (χ0v) is 22.9. The van der Waals surface area contributed by atoms with Crippen molar-refractivity contribution in [2.24, 2.45) is 52.3 Å². The first-order chi connectivity index (χ1) is 14.8. The molecule has 4 aliphatic carbocycles. The average molecular weight is 463 g/mol. The fourth-order valence-corrected chi connectivity index (χ4v) is 13.6. The summed E-state index contributed by atoms with van der Waals surface area (Å²) >= 11 is 0. The normalized spacial score (nSPS) is 50.3. The maximum absolute atomic E-state index is 2.78. The van der Waals surface area contributed by atoms with Gasteiger partial charge in [0.2, 0.25) is 0 Å². The van der Waals surface area contributed by atoms with Crippen LogP contribution in [0.15, 0.2) is 0 Å². The van der Waals surface area contributed by atoms with Gasteiger partial charge in [0.1, 0.15) is 0 Å². The van der Waals surface area contributed by atoms with E-state index < -0.39 is 0 Å². The van der Waals surface area contributed by atoms with Gasteiger partial charge in [-0.1, -0.05) is 75.5 Å². The summed E-state index contributed by atoms with van der Waals surface area (Å²) in [5, 5.41) is 0. The van der Waals surface area contributed by atoms with Crippen LogP contribution < -0.4 is 0 Å². The minimum atomic E-state index is 0.662. The molecule has 31 heavy (non-hydrogen) atoms. The van der Waals surface area contributed by atoms with E-state index in [1.807, 2.05) is 0 Å². The van der Waals surface area contributed by atoms with E-state index in [1.165, 1.54) is 37.9 Å². The van der Waals surface area contributed by atoms with Crippen molar-refractivity contribution in [2.75, 3.05) is 5.75 Å². The maximum atomic E-state index is 2.78. The Balaban J connectivity index is 1.28. The Labute approximate surface area is 202 Å². The van der Waals surface area contributed by atoms with Gasteiger partial charge in [0.25, 0.3) is 0 Å². The van der Waals surface area contributed by atoms with Crippen LogP contribution in [0.1, 0.15) is 118 Å². The van der Waals surface area contributed by atoms with E-state index in [-0.39, 0.29) is 0 Å². The molecule has 0 aromatic carbocycles. The van der Waals surface area contributed by atoms with Crippen LogP contribution in [0.3, 0.4) is 0 Å². The van der Waals surface area contributed by atoms with Gasteiger partial charge in [0.05, 0.1) is 0 Å². The van der Waals surface area contributed by atoms with Crippen molar-refractivity contribution in [3.05, 3.63) is 0 Å². The van der Waals surface area contributed by atoms with Crippen molar-refractivity contribution < 1.29 is 0 Å². The van der Waals surface area contributed by atoms with E-state index in [0.717, 1.165) is 41.4 Å². The largest absolute Gasteiger partial charge is 0.0935 e. The molecule has 0 aromatic heterocycles. The van der Waals surface area contributed by atoms with Crippen molar-refractivity contribution in [3.8, 4) is 0 Å². The third-order valence-electron chi connectivity index (χ3n) is 11.9. The second kappa shape index (κ2) is 8.73. The van der Waals surface area contributed by atoms with Crippen LogP contribution in [0.25, 0.3) is 0 Å². The lowest BCUT2D eigenvalue weighted by Gasteiger charge is -2.62. The van der Waals surface area contributed by atoms with Gasteiger partial charge < -0.3 is 0 Å². The van der Waals surface area contributed by atoms with Crippen molar-refractivity contribution in [1.29, 1.82) is 0 Å². The number of hydrogen-bond donors (Lipinski definition) is 0. The van der Waals surface area contributed by atoms with Crippen molar-refractivity contribution in [2.45, 2.75) is 123 Å². The first-order valence-corrected chi connectivity index (χ1v) is 16.4. The maximum Gasteiger partial charge on any atom is 0.0274 e. The highest BCUT2D eigenvalue weighted by Gasteiger charge is 2.61. The van der Waals surface area contributed by atoms with Crippen LogP contribution in [0.5, 0.6) is 0 Å². The smallest absolute Gasteiger partial charge is 0.0274 e. The topological polar surface area (TPSA) is 0 Å². The molecule has 1 saturated heterocycles. The minimum Gasteiger partial charge on any atom is -0.0935 e. The second-order valence-corrected chi connectivity index (χ2v) is 16.6. The Morgan fingerprint density at radius 3 is 2.35 bits per heavy atom. The predicted octanol–water partition coefficient (Wildman–Crippen LogP) is 9.63. The van der Waals surface area contributed by atoms with Gasteiger partial charge in [-0.05, 0) is 116 Å². The van der Waals surface area contributed by atoms with Gasteiger partial charge in [0, 0.05) is 10.5 Å². The van der Waals surface area contributed by atoms with Crippen molar-refractivity contribution in [1.82, 2.24) is 0 Å². The summed E-state index contributed by atoms with van der Waals surface area (Å²) in [6, 6.07) is 0. The van der Waals surface area contributed by atoms with Gasteiger partial charge >= 0.3 is 0 Å². The van der Waals surface area contributed by atoms with Crippen LogP contribution in [-0.4, -0.2) is 10.5 Å². The molecule has 0 amide bonds. The molecule has 5 aliphatic rings. The van der Waals surface area contributed by atoms with E-state index in [9.17, 15) is 0 Å². The summed E-state index contributed by atoms with van der Waals surface area (Å²) in [4.78, 5) is 0. The summed E-state index contributed by atoms with van der Waals surface area (Å²) in [6.45, 7) is 13.0. The molecule has 178 valence electrons. The Morgan fingerprint density at radius 2 is 1.61 bits per heavy atom. The van der Waals surface area contributed by atoms with Gasteiger partial charge in [-0.25, -0.2) is 0 Å². The van der Waals surface area contributed by atoms with Crippen LogP contribution >= 0.6 is 21.6 Å². The summed E-state index contributed by atoms with van der Waals surface area (Å²) < 4.78 is 0.675. The molecule has 1 aliphatic heterocycles. The number of rotatable bonds is 5. The summed E-state index contributed by atoms with van der Waals surface area (Å²) in [5.74, 6) is 8.45. The molecule has 0 radical (unpaired) electrons. The molecule has 0 bridgehead atoms. The van der Waals surface area contributed by atoms with E-state index in [0.29, 0.717) is 15.6 Å². The highest BCUT2D eigenvalue weighted by molar-refractivity contribution is 8.77. The third-order valence-corrected chi connectivity index (χ3v) is 15.2. The Bertz CT molecular complexity index is 637. The number of fused-ring (bicyclic) bond motifs is 5. The molecule has 9 atom stereocenters. The summed E-state index contributed by atoms with van der Waals surface area (Å²) in [7, 11) is 4.47. The molecule has 2 unspecified atom stereocenters. The third kappa shape index (κ3) is 3.98. The van der Waals surface area contributed by atoms with Gasteiger partial charge in [0.15, 0.2) is 0 Å². The first kappa shape index (κ1) is 23.4. The molecule has 5 fully saturated rings. The first-order valence-electron chi connectivity index (χ1n) is 14.1. The van der Waals surface area contributed by atoms with Crippen LogP contribution in [-0.2, 0) is 0 Å². The predicted molar refractivity (Wildman–Crippen MR) is 140 cm³/mol. The molecular formula is C29H50S2. The minimum absolute atomic E-state index is 0.662. The molecule has 1 spiro atoms. The van der Waals surface area contributed by atoms with E-state index in [4.69, 9.17) is 0 Å². The zero-order chi connectivity index (χ0) is 21.9. The molecular weight excluding hydrogens is 412 g/mol. The van der Waals surface area contributed by atoms with Gasteiger partial charge in [-0.2, -0.15) is 0 Å². The van der Waals surface area contributed by atoms with Crippen LogP contribution in [0, 0.1) is 52.3 Å². The zero-order valence-electron chi connectivity index (χ0n) is 21.3. The number of hydrogen-bond acceptors (Lipinski definition) is 2. The Hall–Kier alpha value is 0.700. The Morgan fingerprint density at radius 1 is 0.806 bits per heavy atom. The van der Waals surface area contributed by atoms with Gasteiger partial charge in [-0.15, -0.1) is 0 Å². The molecule has 1 heterocycles. The Kier molecular flexibility index (Phi) is 6.60. The quantitative estimate of drug-likeness (QED) is 0.373. The molecule has 2 heteroatoms. The van der Waals surface area contributed by atoms with E-state index in [2.05, 4.69) is 56.2 Å². The SMILES string of the molecule is CC(C)CCC[C@@H](C)[C@H]1CC[C@H]2[C@@H]3CCC4CC5(CCSS5)CC[C@]4(C)[C@H]3CC[C@]12C. The van der Waals surface area contributed by atoms with Crippen LogP contribution in [0.2, 0.25) is 0 Å². The van der Waals surface area contributed by atoms with Crippen molar-refractivity contribution in [3.63, 3.8) is 0 Å². The van der Waals surface area contributed by atoms with Crippen LogP contribution in [0.4, 0.5) is 0 Å². The monoisotopic (exact) mass is 462 g/mol. The fraction of sp³-hybridized carbons (Fsp3) is 1.00. The van der Waals surface area contributed by atoms with Crippen molar-refractivity contribution >= 4 is 21.6 Å². The standard InChI is InChI=1S/C29H50S2/c1-20(2)7-6-8-21(3)24-11-12-25-23-10-9-22-19-29(17-18-30-31-29)16-15-27(22,4)26(23)13-14-28(24,25)5/h20-26H,6-19H2,1-5H3/t21-,22?,23+,24-,25+,26+,27+,28-,29?/m1/s1. The van der Waals surface area contributed by atoms with E-state index in [1.54, 1.807) is 51.4 Å². The lowest BCUT2D eigenvalue weighted by Crippen LogP contribution is -2.55. The molecule has 5 rings (SSSR count). The molecule has 0 nitrogen and oxygen atoms in total. The molecule has 4 saturated carbocycles. The highest BCUT2D eigenvalue weighted by Crippen LogP contribution is 2.70. The summed E-state index contributed by atoms with van der Waals surface area (Å²) in [6.07, 6.45) is 19.9. The fourth-order valence-electron chi connectivity index (χ4n) is 10.1. The molecule has 0 N–H and O–H groups in total. The summed E-state index contributed by atoms with van der Waals surface area (Å²) in [5.41, 5.74) is 1.33. The average Bonchev–Trinajstić information content (AvgIpc) is 3.32. The lowest BCUT2D eigenvalue weighted by molar-refractivity contribution is -0.118. The second-order valence-electron chi connectivity index (χ2n) is 13.7.